The van der Waals surface area contributed by atoms with E-state index in [1.54, 1.807) is 0 Å². The van der Waals surface area contributed by atoms with Crippen LogP contribution in [0.5, 0.6) is 5.75 Å². The van der Waals surface area contributed by atoms with Crippen molar-refractivity contribution < 1.29 is 42.7 Å². The van der Waals surface area contributed by atoms with Crippen LogP contribution in [0, 0.1) is 0 Å². The number of nitrogens with one attached hydrogen (secondary N) is 1. The highest BCUT2D eigenvalue weighted by Gasteiger charge is 2.02. The van der Waals surface area contributed by atoms with Crippen molar-refractivity contribution in [1.82, 2.24) is 5.32 Å². The summed E-state index contributed by atoms with van der Waals surface area (Å²) in [4.78, 5) is 11.6. The molecule has 0 heterocycles. The van der Waals surface area contributed by atoms with Gasteiger partial charge in [0.2, 0.25) is 0 Å². The van der Waals surface area contributed by atoms with Crippen LogP contribution >= 0.6 is 0 Å². The lowest BCUT2D eigenvalue weighted by Crippen LogP contribution is -2.28. The molecule has 2 rings (SSSR count). The molecule has 2 aromatic rings. The first-order chi connectivity index (χ1) is 23.3. The van der Waals surface area contributed by atoms with Gasteiger partial charge in [0, 0.05) is 6.54 Å². The highest BCUT2D eigenvalue weighted by atomic mass is 16.6. The summed E-state index contributed by atoms with van der Waals surface area (Å²) in [5, 5.41) is 2.65. The number of unbranched alkanes of at least 4 members (excludes halogenated alkanes) is 6. The summed E-state index contributed by atoms with van der Waals surface area (Å²) in [6.45, 7) is 9.24. The lowest BCUT2D eigenvalue weighted by molar-refractivity contribution is -0.0176. The summed E-state index contributed by atoms with van der Waals surface area (Å²) in [6, 6.07) is 18.0. The molecule has 0 bridgehead atoms. The largest absolute Gasteiger partial charge is 0.491 e. The lowest BCUT2D eigenvalue weighted by Gasteiger charge is -2.09. The number of carbonyl (C=O) groups is 1. The van der Waals surface area contributed by atoms with Gasteiger partial charge in [-0.05, 0) is 36.1 Å². The van der Waals surface area contributed by atoms with Gasteiger partial charge in [0.05, 0.1) is 79.3 Å². The predicted molar refractivity (Wildman–Crippen MR) is 183 cm³/mol. The van der Waals surface area contributed by atoms with E-state index in [1.165, 1.54) is 50.5 Å². The third kappa shape index (κ3) is 25.0. The Hall–Kier alpha value is -2.73. The average Bonchev–Trinajstić information content (AvgIpc) is 3.10. The standard InChI is InChI=1S/C37H59NO9/c1-2-3-4-5-6-7-9-12-34-15-17-36(18-16-34)46-32-31-45-30-29-44-28-27-43-26-25-42-24-23-41-22-21-40-20-19-38-37(39)47-33-35-13-10-8-11-14-35/h8,10-11,13-18H,2-7,9,12,19-33H2,1H3,(H,38,39). The van der Waals surface area contributed by atoms with Gasteiger partial charge >= 0.3 is 6.09 Å². The van der Waals surface area contributed by atoms with E-state index in [0.717, 1.165) is 17.7 Å². The number of amides is 1. The first kappa shape index (κ1) is 40.4. The Labute approximate surface area is 282 Å². The molecule has 0 spiro atoms. The number of ether oxygens (including phenoxy) is 8. The van der Waals surface area contributed by atoms with Crippen molar-refractivity contribution in [3.63, 3.8) is 0 Å². The second-order valence-corrected chi connectivity index (χ2v) is 11.0. The van der Waals surface area contributed by atoms with E-state index in [1.807, 2.05) is 30.3 Å². The molecule has 0 unspecified atom stereocenters. The first-order valence-electron chi connectivity index (χ1n) is 17.4. The van der Waals surface area contributed by atoms with Gasteiger partial charge in [0.1, 0.15) is 19.0 Å². The molecule has 0 aliphatic rings. The number of benzene rings is 2. The Morgan fingerprint density at radius 3 is 1.57 bits per heavy atom. The highest BCUT2D eigenvalue weighted by molar-refractivity contribution is 5.67. The number of rotatable bonds is 32. The lowest BCUT2D eigenvalue weighted by atomic mass is 10.0. The zero-order valence-corrected chi connectivity index (χ0v) is 28.6. The van der Waals surface area contributed by atoms with E-state index in [0.29, 0.717) is 92.4 Å². The van der Waals surface area contributed by atoms with Crippen LogP contribution in [0.15, 0.2) is 54.6 Å². The molecule has 266 valence electrons. The Kier molecular flexibility index (Phi) is 26.3. The molecule has 0 saturated carbocycles. The number of aryl methyl sites for hydroxylation is 1. The number of alkyl carbamates (subject to hydrolysis) is 1. The highest BCUT2D eigenvalue weighted by Crippen LogP contribution is 2.15. The Morgan fingerprint density at radius 1 is 0.532 bits per heavy atom. The summed E-state index contributed by atoms with van der Waals surface area (Å²) in [5.74, 6) is 0.883. The van der Waals surface area contributed by atoms with Crippen LogP contribution in [-0.4, -0.2) is 98.5 Å². The maximum absolute atomic E-state index is 11.6. The average molecular weight is 662 g/mol. The Morgan fingerprint density at radius 2 is 1.02 bits per heavy atom. The van der Waals surface area contributed by atoms with E-state index in [4.69, 9.17) is 37.9 Å². The molecule has 0 radical (unpaired) electrons. The number of hydrogen-bond donors (Lipinski definition) is 1. The molecule has 0 aliphatic heterocycles. The maximum atomic E-state index is 11.6. The molecule has 0 aliphatic carbocycles. The van der Waals surface area contributed by atoms with Gasteiger partial charge < -0.3 is 43.2 Å². The number of hydrogen-bond acceptors (Lipinski definition) is 9. The van der Waals surface area contributed by atoms with Crippen molar-refractivity contribution in [2.45, 2.75) is 64.9 Å². The van der Waals surface area contributed by atoms with E-state index < -0.39 is 6.09 Å². The fourth-order valence-corrected chi connectivity index (χ4v) is 4.46. The second kappa shape index (κ2) is 30.6. The topological polar surface area (TPSA) is 103 Å². The molecule has 10 heteroatoms. The quantitative estimate of drug-likeness (QED) is 0.0895. The zero-order valence-electron chi connectivity index (χ0n) is 28.6. The third-order valence-corrected chi connectivity index (χ3v) is 7.08. The van der Waals surface area contributed by atoms with Crippen LogP contribution in [0.3, 0.4) is 0 Å². The number of carbonyl (C=O) groups excluding carboxylic acids is 1. The molecule has 0 saturated heterocycles. The van der Waals surface area contributed by atoms with Crippen molar-refractivity contribution in [1.29, 1.82) is 0 Å². The van der Waals surface area contributed by atoms with Crippen LogP contribution in [-0.2, 0) is 46.2 Å². The van der Waals surface area contributed by atoms with Crippen molar-refractivity contribution in [3.05, 3.63) is 65.7 Å². The Balaban J connectivity index is 1.23. The summed E-state index contributed by atoms with van der Waals surface area (Å²) >= 11 is 0. The van der Waals surface area contributed by atoms with Gasteiger partial charge in [-0.1, -0.05) is 87.9 Å². The zero-order chi connectivity index (χ0) is 33.3. The fraction of sp³-hybridized carbons (Fsp3) is 0.649. The van der Waals surface area contributed by atoms with Gasteiger partial charge in [-0.15, -0.1) is 0 Å². The van der Waals surface area contributed by atoms with Gasteiger partial charge in [0.25, 0.3) is 0 Å². The molecule has 1 N–H and O–H groups in total. The molecular formula is C37H59NO9. The first-order valence-corrected chi connectivity index (χ1v) is 17.4. The van der Waals surface area contributed by atoms with Crippen molar-refractivity contribution in [2.75, 3.05) is 92.4 Å². The predicted octanol–water partition coefficient (Wildman–Crippen LogP) is 6.38. The third-order valence-electron chi connectivity index (χ3n) is 7.08. The molecule has 0 fully saturated rings. The van der Waals surface area contributed by atoms with Gasteiger partial charge in [-0.2, -0.15) is 0 Å². The smallest absolute Gasteiger partial charge is 0.407 e. The normalized spacial score (nSPS) is 11.1. The van der Waals surface area contributed by atoms with Crippen LogP contribution < -0.4 is 10.1 Å². The van der Waals surface area contributed by atoms with Crippen LogP contribution in [0.2, 0.25) is 0 Å². The molecule has 2 aromatic carbocycles. The van der Waals surface area contributed by atoms with Crippen molar-refractivity contribution >= 4 is 6.09 Å². The Bertz CT molecular complexity index is 962. The molecule has 10 nitrogen and oxygen atoms in total. The van der Waals surface area contributed by atoms with E-state index in [2.05, 4.69) is 36.5 Å². The SMILES string of the molecule is CCCCCCCCCc1ccc(OCCOCCOCCOCCOCCOCCOCCNC(=O)OCc2ccccc2)cc1. The van der Waals surface area contributed by atoms with E-state index in [9.17, 15) is 4.79 Å². The van der Waals surface area contributed by atoms with Crippen LogP contribution in [0.1, 0.15) is 63.0 Å². The minimum atomic E-state index is -0.463. The van der Waals surface area contributed by atoms with E-state index in [-0.39, 0.29) is 6.61 Å². The molecule has 0 aromatic heterocycles. The molecule has 47 heavy (non-hydrogen) atoms. The minimum absolute atomic E-state index is 0.243. The van der Waals surface area contributed by atoms with Crippen molar-refractivity contribution in [3.8, 4) is 5.75 Å². The summed E-state index contributed by atoms with van der Waals surface area (Å²) < 4.78 is 43.9. The molecule has 1 amide bonds. The van der Waals surface area contributed by atoms with Crippen molar-refractivity contribution in [2.24, 2.45) is 0 Å². The summed E-state index contributed by atoms with van der Waals surface area (Å²) in [5.41, 5.74) is 2.32. The fourth-order valence-electron chi connectivity index (χ4n) is 4.46. The summed E-state index contributed by atoms with van der Waals surface area (Å²) in [6.07, 6.45) is 10.0. The molecular weight excluding hydrogens is 602 g/mol. The van der Waals surface area contributed by atoms with Gasteiger partial charge in [-0.3, -0.25) is 0 Å². The molecule has 0 atom stereocenters. The summed E-state index contributed by atoms with van der Waals surface area (Å²) in [7, 11) is 0. The van der Waals surface area contributed by atoms with Crippen LogP contribution in [0.4, 0.5) is 4.79 Å². The second-order valence-electron chi connectivity index (χ2n) is 11.0. The van der Waals surface area contributed by atoms with Gasteiger partial charge in [0.15, 0.2) is 0 Å². The monoisotopic (exact) mass is 661 g/mol. The van der Waals surface area contributed by atoms with Crippen LogP contribution in [0.25, 0.3) is 0 Å². The maximum Gasteiger partial charge on any atom is 0.407 e. The van der Waals surface area contributed by atoms with Gasteiger partial charge in [-0.25, -0.2) is 4.79 Å². The van der Waals surface area contributed by atoms with E-state index >= 15 is 0 Å². The minimum Gasteiger partial charge on any atom is -0.491 e.